The Labute approximate surface area is 260 Å². The van der Waals surface area contributed by atoms with Gasteiger partial charge in [-0.15, -0.1) is 0 Å². The number of phenols is 1. The summed E-state index contributed by atoms with van der Waals surface area (Å²) < 4.78 is 10.8. The first-order chi connectivity index (χ1) is 21.5. The second-order valence-corrected chi connectivity index (χ2v) is 10.9. The molecule has 1 heterocycles. The molecule has 0 saturated carbocycles. The third-order valence-corrected chi connectivity index (χ3v) is 7.66. The zero-order chi connectivity index (χ0) is 31.0. The quantitative estimate of drug-likeness (QED) is 0.149. The van der Waals surface area contributed by atoms with Crippen molar-refractivity contribution in [3.8, 4) is 22.6 Å². The van der Waals surface area contributed by atoms with Crippen molar-refractivity contribution in [1.82, 2.24) is 20.9 Å². The van der Waals surface area contributed by atoms with Crippen molar-refractivity contribution in [2.45, 2.75) is 44.8 Å². The lowest BCUT2D eigenvalue weighted by Crippen LogP contribution is -2.44. The maximum absolute atomic E-state index is 12.6. The van der Waals surface area contributed by atoms with Gasteiger partial charge in [-0.05, 0) is 61.6 Å². The van der Waals surface area contributed by atoms with Gasteiger partial charge in [0.1, 0.15) is 6.10 Å². The molecule has 1 aliphatic heterocycles. The Kier molecular flexibility index (Phi) is 13.2. The SMILES string of the molecule is COc1ccc(CNCCCCCNC(=O)NCCN2CCC(OC(=O)Nc3ccccc3-c3ccccc3)CC2)cc1O. The first-order valence-corrected chi connectivity index (χ1v) is 15.4. The second kappa shape index (κ2) is 17.7. The first kappa shape index (κ1) is 32.6. The van der Waals surface area contributed by atoms with Gasteiger partial charge in [0.05, 0.1) is 12.8 Å². The van der Waals surface area contributed by atoms with Crippen LogP contribution in [0.25, 0.3) is 11.1 Å². The number of nitrogens with one attached hydrogen (secondary N) is 4. The molecule has 10 nitrogen and oxygen atoms in total. The smallest absolute Gasteiger partial charge is 0.411 e. The van der Waals surface area contributed by atoms with Crippen LogP contribution in [-0.2, 0) is 11.3 Å². The van der Waals surface area contributed by atoms with Gasteiger partial charge < -0.3 is 35.4 Å². The van der Waals surface area contributed by atoms with E-state index in [1.54, 1.807) is 12.1 Å². The topological polar surface area (TPSA) is 124 Å². The number of carbonyl (C=O) groups excluding carboxylic acids is 2. The largest absolute Gasteiger partial charge is 0.504 e. The van der Waals surface area contributed by atoms with Crippen molar-refractivity contribution in [3.63, 3.8) is 0 Å². The summed E-state index contributed by atoms with van der Waals surface area (Å²) >= 11 is 0. The standard InChI is InChI=1S/C34H45N5O5/c1-43-32-15-14-26(24-31(32)40)25-35-18-8-3-9-19-36-33(41)37-20-23-39-21-16-28(17-22-39)44-34(42)38-30-13-7-6-12-29(30)27-10-4-2-5-11-27/h2,4-7,10-15,24,28,35,40H,3,8-9,16-23,25H2,1H3,(H,38,42)(H2,36,37,41). The summed E-state index contributed by atoms with van der Waals surface area (Å²) in [6, 6.07) is 22.9. The molecule has 236 valence electrons. The Balaban J connectivity index is 1.00. The van der Waals surface area contributed by atoms with Crippen LogP contribution < -0.4 is 26.0 Å². The van der Waals surface area contributed by atoms with E-state index in [1.807, 2.05) is 60.7 Å². The van der Waals surface area contributed by atoms with E-state index < -0.39 is 6.09 Å². The van der Waals surface area contributed by atoms with E-state index in [4.69, 9.17) is 9.47 Å². The van der Waals surface area contributed by atoms with Crippen molar-refractivity contribution >= 4 is 17.8 Å². The number of hydrogen-bond donors (Lipinski definition) is 5. The van der Waals surface area contributed by atoms with Crippen molar-refractivity contribution in [1.29, 1.82) is 0 Å². The van der Waals surface area contributed by atoms with E-state index in [-0.39, 0.29) is 17.9 Å². The number of piperidine rings is 1. The van der Waals surface area contributed by atoms with E-state index in [0.29, 0.717) is 25.4 Å². The number of aromatic hydroxyl groups is 1. The van der Waals surface area contributed by atoms with Crippen molar-refractivity contribution in [3.05, 3.63) is 78.4 Å². The molecule has 1 aliphatic rings. The summed E-state index contributed by atoms with van der Waals surface area (Å²) in [7, 11) is 1.53. The van der Waals surface area contributed by atoms with Crippen molar-refractivity contribution < 1.29 is 24.2 Å². The molecule has 1 fully saturated rings. The molecule has 0 unspecified atom stereocenters. The number of phenolic OH excluding ortho intramolecular Hbond substituents is 1. The zero-order valence-electron chi connectivity index (χ0n) is 25.5. The van der Waals surface area contributed by atoms with Crippen LogP contribution >= 0.6 is 0 Å². The number of benzene rings is 3. The van der Waals surface area contributed by atoms with E-state index in [2.05, 4.69) is 26.2 Å². The summed E-state index contributed by atoms with van der Waals surface area (Å²) in [5, 5.41) is 22.0. The number of likely N-dealkylation sites (tertiary alicyclic amines) is 1. The third-order valence-electron chi connectivity index (χ3n) is 7.66. The predicted molar refractivity (Wildman–Crippen MR) is 173 cm³/mol. The van der Waals surface area contributed by atoms with E-state index in [1.165, 1.54) is 7.11 Å². The number of hydrogen-bond acceptors (Lipinski definition) is 7. The molecule has 5 N–H and O–H groups in total. The van der Waals surface area contributed by atoms with Gasteiger partial charge in [0.15, 0.2) is 11.5 Å². The summed E-state index contributed by atoms with van der Waals surface area (Å²) in [5.41, 5.74) is 3.72. The Hall–Kier alpha value is -4.28. The fourth-order valence-electron chi connectivity index (χ4n) is 5.23. The molecule has 0 spiro atoms. The van der Waals surface area contributed by atoms with Gasteiger partial charge in [0.25, 0.3) is 0 Å². The molecule has 0 bridgehead atoms. The maximum Gasteiger partial charge on any atom is 0.411 e. The number of ether oxygens (including phenoxy) is 2. The van der Waals surface area contributed by atoms with Gasteiger partial charge in [-0.3, -0.25) is 5.32 Å². The van der Waals surface area contributed by atoms with E-state index in [0.717, 1.165) is 80.7 Å². The van der Waals surface area contributed by atoms with Crippen LogP contribution in [0.5, 0.6) is 11.5 Å². The van der Waals surface area contributed by atoms with Crippen LogP contribution in [0, 0.1) is 0 Å². The molecule has 10 heteroatoms. The summed E-state index contributed by atoms with van der Waals surface area (Å²) in [5.74, 6) is 0.620. The van der Waals surface area contributed by atoms with Crippen molar-refractivity contribution in [2.75, 3.05) is 51.7 Å². The number of anilines is 1. The highest BCUT2D eigenvalue weighted by molar-refractivity contribution is 5.91. The number of carbonyl (C=O) groups is 2. The number of para-hydroxylation sites is 1. The minimum Gasteiger partial charge on any atom is -0.504 e. The number of methoxy groups -OCH3 is 1. The molecule has 3 amide bonds. The highest BCUT2D eigenvalue weighted by Crippen LogP contribution is 2.28. The Morgan fingerprint density at radius 1 is 0.886 bits per heavy atom. The Bertz CT molecular complexity index is 1310. The normalized spacial score (nSPS) is 13.7. The number of rotatable bonds is 15. The van der Waals surface area contributed by atoms with Crippen LogP contribution in [0.2, 0.25) is 0 Å². The summed E-state index contributed by atoms with van der Waals surface area (Å²) in [4.78, 5) is 27.1. The average molecular weight is 604 g/mol. The van der Waals surface area contributed by atoms with E-state index in [9.17, 15) is 14.7 Å². The van der Waals surface area contributed by atoms with Crippen LogP contribution in [0.1, 0.15) is 37.7 Å². The number of nitrogens with zero attached hydrogens (tertiary/aromatic N) is 1. The highest BCUT2D eigenvalue weighted by atomic mass is 16.6. The molecule has 0 radical (unpaired) electrons. The number of unbranched alkanes of at least 4 members (excludes halogenated alkanes) is 2. The molecule has 1 saturated heterocycles. The van der Waals surface area contributed by atoms with Gasteiger partial charge in [-0.25, -0.2) is 9.59 Å². The van der Waals surface area contributed by atoms with Gasteiger partial charge >= 0.3 is 12.1 Å². The molecule has 44 heavy (non-hydrogen) atoms. The lowest BCUT2D eigenvalue weighted by molar-refractivity contribution is 0.0594. The Morgan fingerprint density at radius 2 is 1.61 bits per heavy atom. The van der Waals surface area contributed by atoms with Crippen molar-refractivity contribution in [2.24, 2.45) is 0 Å². The molecule has 3 aromatic rings. The number of amides is 3. The summed E-state index contributed by atoms with van der Waals surface area (Å²) in [6.07, 6.45) is 3.89. The van der Waals surface area contributed by atoms with Crippen LogP contribution in [0.4, 0.5) is 15.3 Å². The first-order valence-electron chi connectivity index (χ1n) is 15.4. The maximum atomic E-state index is 12.6. The Morgan fingerprint density at radius 3 is 2.39 bits per heavy atom. The predicted octanol–water partition coefficient (Wildman–Crippen LogP) is 5.34. The van der Waals surface area contributed by atoms with E-state index >= 15 is 0 Å². The van der Waals surface area contributed by atoms with Gasteiger partial charge in [-0.2, -0.15) is 0 Å². The average Bonchev–Trinajstić information content (AvgIpc) is 3.04. The lowest BCUT2D eigenvalue weighted by atomic mass is 10.0. The highest BCUT2D eigenvalue weighted by Gasteiger charge is 2.22. The fraction of sp³-hybridized carbons (Fsp3) is 0.412. The summed E-state index contributed by atoms with van der Waals surface area (Å²) in [6.45, 7) is 5.15. The molecule has 4 rings (SSSR count). The van der Waals surface area contributed by atoms with Gasteiger partial charge in [0.2, 0.25) is 0 Å². The minimum absolute atomic E-state index is 0.127. The molecular weight excluding hydrogens is 558 g/mol. The molecule has 0 atom stereocenters. The second-order valence-electron chi connectivity index (χ2n) is 10.9. The molecule has 0 aromatic heterocycles. The van der Waals surface area contributed by atoms with Crippen LogP contribution in [0.15, 0.2) is 72.8 Å². The number of urea groups is 1. The van der Waals surface area contributed by atoms with Gasteiger partial charge in [-0.1, -0.05) is 61.0 Å². The molecule has 0 aliphatic carbocycles. The lowest BCUT2D eigenvalue weighted by Gasteiger charge is -2.31. The van der Waals surface area contributed by atoms with Gasteiger partial charge in [0, 0.05) is 44.8 Å². The fourth-order valence-corrected chi connectivity index (χ4v) is 5.23. The molecule has 3 aromatic carbocycles. The minimum atomic E-state index is -0.434. The van der Waals surface area contributed by atoms with Crippen LogP contribution in [0.3, 0.4) is 0 Å². The zero-order valence-corrected chi connectivity index (χ0v) is 25.5. The third kappa shape index (κ3) is 10.8. The monoisotopic (exact) mass is 603 g/mol. The molecular formula is C34H45N5O5. The van der Waals surface area contributed by atoms with Crippen LogP contribution in [-0.4, -0.2) is 74.6 Å².